The minimum absolute atomic E-state index is 0.00702. The number of carbonyl (C=O) groups excluding carboxylic acids is 7. The van der Waals surface area contributed by atoms with Crippen LogP contribution in [0.3, 0.4) is 0 Å². The standard InChI is InChI=1S/C43H80NO13P.C14H26O4/c1-7-12-14-16-20-27-38(45)50-32-22-18-24-34-52-41(48)37-43(9-3,42(49)53-35-25-19-23-33-51-39(46)28-21-17-15-13-8-2)57-40(47)29-31-44(6)30-26-36-56-58(54-10-4)55-11-5;1-2-3-4-5-7-10-14(16)18-12-9-6-8-11-17-13-15/h7-37H2,1-6H3;13H,2-12H2,1H3. The fourth-order valence-electron chi connectivity index (χ4n) is 7.38. The number of unbranched alkanes of at least 4 members (excludes halogenated alkanes) is 18. The molecule has 0 aromatic carbocycles. The van der Waals surface area contributed by atoms with Crippen molar-refractivity contribution in [1.29, 1.82) is 0 Å². The molecule has 0 bridgehead atoms. The molecule has 0 saturated carbocycles. The third kappa shape index (κ3) is 48.9. The molecule has 1 unspecified atom stereocenters. The van der Waals surface area contributed by atoms with Crippen LogP contribution in [0.25, 0.3) is 0 Å². The molecule has 0 N–H and O–H groups in total. The van der Waals surface area contributed by atoms with Gasteiger partial charge < -0.3 is 51.6 Å². The fraction of sp³-hybridized carbons (Fsp3) is 0.877. The molecule has 19 heteroatoms. The zero-order valence-electron chi connectivity index (χ0n) is 48.6. The lowest BCUT2D eigenvalue weighted by Crippen LogP contribution is -2.46. The second kappa shape index (κ2) is 56.3. The predicted molar refractivity (Wildman–Crippen MR) is 295 cm³/mol. The molecule has 18 nitrogen and oxygen atoms in total. The van der Waals surface area contributed by atoms with E-state index in [9.17, 15) is 33.6 Å². The van der Waals surface area contributed by atoms with Gasteiger partial charge in [0.15, 0.2) is 0 Å². The Kier molecular flexibility index (Phi) is 55.3. The normalized spacial score (nSPS) is 11.8. The maximum absolute atomic E-state index is 13.5. The molecule has 0 aromatic rings. The molecule has 0 spiro atoms. The van der Waals surface area contributed by atoms with Gasteiger partial charge in [-0.3, -0.25) is 28.8 Å². The Labute approximate surface area is 460 Å². The van der Waals surface area contributed by atoms with Crippen molar-refractivity contribution in [3.05, 3.63) is 0 Å². The van der Waals surface area contributed by atoms with Crippen LogP contribution in [-0.4, -0.2) is 132 Å². The first-order chi connectivity index (χ1) is 36.9. The summed E-state index contributed by atoms with van der Waals surface area (Å²) in [5.74, 6) is -2.57. The Bertz CT molecular complexity index is 1420. The lowest BCUT2D eigenvalue weighted by Gasteiger charge is -2.30. The van der Waals surface area contributed by atoms with Crippen molar-refractivity contribution in [2.24, 2.45) is 0 Å². The van der Waals surface area contributed by atoms with Gasteiger partial charge in [-0.15, -0.1) is 0 Å². The SMILES string of the molecule is CCCCCCCC(=O)OCCCCCOC(=O)CC(CC)(OC(=O)CCN(C)CCCOP(OCC)OCC)C(=O)OCCCCCOC(=O)CCCCCCC.CCCCCCCC(=O)OCCCCCOC=O. The minimum atomic E-state index is -1.84. The molecule has 76 heavy (non-hydrogen) atoms. The first-order valence-electron chi connectivity index (χ1n) is 29.3. The van der Waals surface area contributed by atoms with Crippen LogP contribution in [0, 0.1) is 0 Å². The van der Waals surface area contributed by atoms with E-state index in [1.54, 1.807) is 6.92 Å². The molecule has 0 radical (unpaired) electrons. The average molecular weight is 1110 g/mol. The third-order valence-electron chi connectivity index (χ3n) is 12.0. The molecule has 0 aliphatic heterocycles. The number of carbonyl (C=O) groups is 7. The van der Waals surface area contributed by atoms with Crippen molar-refractivity contribution >= 4 is 50.9 Å². The van der Waals surface area contributed by atoms with Crippen LogP contribution < -0.4 is 0 Å². The van der Waals surface area contributed by atoms with Crippen molar-refractivity contribution in [3.8, 4) is 0 Å². The molecule has 0 amide bonds. The number of hydrogen-bond donors (Lipinski definition) is 0. The van der Waals surface area contributed by atoms with Crippen molar-refractivity contribution in [1.82, 2.24) is 4.90 Å². The van der Waals surface area contributed by atoms with Crippen LogP contribution in [0.5, 0.6) is 0 Å². The number of hydrogen-bond acceptors (Lipinski definition) is 18. The van der Waals surface area contributed by atoms with Crippen LogP contribution in [0.1, 0.15) is 241 Å². The summed E-state index contributed by atoms with van der Waals surface area (Å²) in [5.41, 5.74) is -1.84. The molecular weight excluding hydrogens is 1000 g/mol. The molecule has 0 rings (SSSR count). The lowest BCUT2D eigenvalue weighted by atomic mass is 9.96. The quantitative estimate of drug-likeness (QED) is 0.0182. The Morgan fingerprint density at radius 1 is 0.408 bits per heavy atom. The Balaban J connectivity index is 0. The van der Waals surface area contributed by atoms with Crippen molar-refractivity contribution < 1.29 is 80.3 Å². The van der Waals surface area contributed by atoms with E-state index in [0.29, 0.717) is 130 Å². The summed E-state index contributed by atoms with van der Waals surface area (Å²) in [5, 5.41) is 0. The van der Waals surface area contributed by atoms with Crippen LogP contribution >= 0.6 is 8.60 Å². The van der Waals surface area contributed by atoms with E-state index in [1.165, 1.54) is 32.1 Å². The number of nitrogens with zero attached hydrogens (tertiary/aromatic N) is 1. The zero-order valence-corrected chi connectivity index (χ0v) is 49.5. The van der Waals surface area contributed by atoms with Gasteiger partial charge in [-0.25, -0.2) is 4.79 Å². The second-order valence-electron chi connectivity index (χ2n) is 19.0. The zero-order chi connectivity index (χ0) is 56.6. The van der Waals surface area contributed by atoms with Gasteiger partial charge in [0.05, 0.1) is 72.3 Å². The van der Waals surface area contributed by atoms with Gasteiger partial charge in [0.25, 0.3) is 6.47 Å². The molecular formula is C57H106NO17P. The highest BCUT2D eigenvalue weighted by molar-refractivity contribution is 7.41. The maximum atomic E-state index is 13.5. The highest BCUT2D eigenvalue weighted by Crippen LogP contribution is 2.39. The molecule has 0 aliphatic carbocycles. The topological polar surface area (TPSA) is 215 Å². The maximum Gasteiger partial charge on any atom is 0.351 e. The van der Waals surface area contributed by atoms with Gasteiger partial charge in [-0.2, -0.15) is 0 Å². The van der Waals surface area contributed by atoms with E-state index in [2.05, 4.69) is 25.5 Å². The van der Waals surface area contributed by atoms with Crippen molar-refractivity contribution in [3.63, 3.8) is 0 Å². The first-order valence-corrected chi connectivity index (χ1v) is 30.4. The third-order valence-corrected chi connectivity index (χ3v) is 13.4. The van der Waals surface area contributed by atoms with Gasteiger partial charge in [-0.05, 0) is 111 Å². The molecule has 0 saturated heterocycles. The van der Waals surface area contributed by atoms with Gasteiger partial charge >= 0.3 is 44.4 Å². The average Bonchev–Trinajstić information content (AvgIpc) is 3.40. The minimum Gasteiger partial charge on any atom is -0.468 e. The van der Waals surface area contributed by atoms with Gasteiger partial charge in [0, 0.05) is 32.4 Å². The van der Waals surface area contributed by atoms with E-state index >= 15 is 0 Å². The molecule has 0 aromatic heterocycles. The van der Waals surface area contributed by atoms with Gasteiger partial charge in [0.2, 0.25) is 5.60 Å². The van der Waals surface area contributed by atoms with E-state index in [0.717, 1.165) is 83.5 Å². The molecule has 0 fully saturated rings. The molecule has 446 valence electrons. The van der Waals surface area contributed by atoms with Crippen LogP contribution in [0.15, 0.2) is 0 Å². The lowest BCUT2D eigenvalue weighted by molar-refractivity contribution is -0.188. The van der Waals surface area contributed by atoms with E-state index in [4.69, 9.17) is 42.0 Å². The largest absolute Gasteiger partial charge is 0.468 e. The summed E-state index contributed by atoms with van der Waals surface area (Å²) in [7, 11) is 0.491. The van der Waals surface area contributed by atoms with Crippen molar-refractivity contribution in [2.75, 3.05) is 79.6 Å². The fourth-order valence-corrected chi connectivity index (χ4v) is 8.31. The van der Waals surface area contributed by atoms with E-state index < -0.39 is 38.5 Å². The monoisotopic (exact) mass is 1110 g/mol. The van der Waals surface area contributed by atoms with Gasteiger partial charge in [-0.1, -0.05) is 105 Å². The molecule has 0 heterocycles. The predicted octanol–water partition coefficient (Wildman–Crippen LogP) is 12.6. The number of esters is 6. The Morgan fingerprint density at radius 2 is 0.803 bits per heavy atom. The summed E-state index contributed by atoms with van der Waals surface area (Å²) in [6.45, 7) is 16.5. The summed E-state index contributed by atoms with van der Waals surface area (Å²) in [6, 6.07) is 0. The second-order valence-corrected chi connectivity index (χ2v) is 20.2. The van der Waals surface area contributed by atoms with Crippen LogP contribution in [0.4, 0.5) is 0 Å². The Hall–Kier alpha value is -3.44. The van der Waals surface area contributed by atoms with Crippen LogP contribution in [-0.2, 0) is 80.3 Å². The van der Waals surface area contributed by atoms with Gasteiger partial charge in [0.1, 0.15) is 0 Å². The summed E-state index contributed by atoms with van der Waals surface area (Å²) >= 11 is 0. The highest BCUT2D eigenvalue weighted by atomic mass is 31.2. The first kappa shape index (κ1) is 74.6. The molecule has 1 atom stereocenters. The smallest absolute Gasteiger partial charge is 0.351 e. The van der Waals surface area contributed by atoms with Crippen molar-refractivity contribution in [2.45, 2.75) is 246 Å². The highest BCUT2D eigenvalue weighted by Gasteiger charge is 2.45. The summed E-state index contributed by atoms with van der Waals surface area (Å²) in [4.78, 5) is 86.8. The van der Waals surface area contributed by atoms with E-state index in [-0.39, 0.29) is 44.0 Å². The Morgan fingerprint density at radius 3 is 1.21 bits per heavy atom. The summed E-state index contributed by atoms with van der Waals surface area (Å²) < 4.78 is 53.7. The number of ether oxygens (including phenoxy) is 7. The molecule has 0 aliphatic rings. The van der Waals surface area contributed by atoms with Crippen LogP contribution in [0.2, 0.25) is 0 Å². The number of rotatable bonds is 54. The summed E-state index contributed by atoms with van der Waals surface area (Å²) in [6.07, 6.45) is 24.3. The van der Waals surface area contributed by atoms with E-state index in [1.807, 2.05) is 25.8 Å².